The molecule has 3 heterocycles. The molecule has 0 spiro atoms. The fraction of sp³-hybridized carbons (Fsp3) is 0.0435. The summed E-state index contributed by atoms with van der Waals surface area (Å²) in [6.07, 6.45) is 1.92. The molecule has 0 aliphatic carbocycles. The predicted molar refractivity (Wildman–Crippen MR) is 105 cm³/mol. The maximum absolute atomic E-state index is 12.5. The third kappa shape index (κ3) is 2.72. The smallest absolute Gasteiger partial charge is 0.228 e. The highest BCUT2D eigenvalue weighted by molar-refractivity contribution is 6.02. The fourth-order valence-electron chi connectivity index (χ4n) is 3.55. The van der Waals surface area contributed by atoms with E-state index >= 15 is 0 Å². The third-order valence-electron chi connectivity index (χ3n) is 4.78. The van der Waals surface area contributed by atoms with E-state index in [4.69, 9.17) is 9.40 Å². The van der Waals surface area contributed by atoms with Crippen LogP contribution in [-0.2, 0) is 11.2 Å². The highest BCUT2D eigenvalue weighted by atomic mass is 16.3. The standard InChI is InChI=1S/C23H16N2O2/c26-22-14-18-17(15-7-2-1-3-8-15)13-20(21-11-6-12-27-21)25-23(18)16-9-4-5-10-19(16)24-22/h1-13H,14H2,(H,24,26). The van der Waals surface area contributed by atoms with Crippen LogP contribution in [0.1, 0.15) is 5.56 Å². The minimum absolute atomic E-state index is 0.0362. The lowest BCUT2D eigenvalue weighted by atomic mass is 9.93. The van der Waals surface area contributed by atoms with E-state index in [1.165, 1.54) is 0 Å². The number of rotatable bonds is 2. The number of carbonyl (C=O) groups excluding carboxylic acids is 1. The molecule has 1 aliphatic heterocycles. The van der Waals surface area contributed by atoms with E-state index in [2.05, 4.69) is 17.4 Å². The van der Waals surface area contributed by atoms with Crippen molar-refractivity contribution in [2.24, 2.45) is 0 Å². The van der Waals surface area contributed by atoms with Crippen molar-refractivity contribution in [3.05, 3.63) is 84.6 Å². The van der Waals surface area contributed by atoms with Crippen LogP contribution >= 0.6 is 0 Å². The van der Waals surface area contributed by atoms with Gasteiger partial charge in [0.15, 0.2) is 5.76 Å². The van der Waals surface area contributed by atoms with Gasteiger partial charge in [0.2, 0.25) is 5.91 Å². The number of furan rings is 1. The number of hydrogen-bond donors (Lipinski definition) is 1. The van der Waals surface area contributed by atoms with Crippen molar-refractivity contribution in [3.8, 4) is 33.8 Å². The summed E-state index contributed by atoms with van der Waals surface area (Å²) in [7, 11) is 0. The Kier molecular flexibility index (Phi) is 3.61. The van der Waals surface area contributed by atoms with Crippen molar-refractivity contribution >= 4 is 11.6 Å². The Morgan fingerprint density at radius 1 is 0.889 bits per heavy atom. The summed E-state index contributed by atoms with van der Waals surface area (Å²) >= 11 is 0. The van der Waals surface area contributed by atoms with Gasteiger partial charge in [-0.05, 0) is 41.0 Å². The van der Waals surface area contributed by atoms with Gasteiger partial charge in [-0.1, -0.05) is 48.5 Å². The number of hydrogen-bond acceptors (Lipinski definition) is 3. The molecular weight excluding hydrogens is 336 g/mol. The maximum Gasteiger partial charge on any atom is 0.228 e. The first kappa shape index (κ1) is 15.6. The van der Waals surface area contributed by atoms with Crippen LogP contribution in [0.15, 0.2) is 83.5 Å². The molecule has 1 amide bonds. The van der Waals surface area contributed by atoms with Gasteiger partial charge in [0.1, 0.15) is 5.69 Å². The van der Waals surface area contributed by atoms with Crippen LogP contribution in [0.2, 0.25) is 0 Å². The molecule has 1 aliphatic rings. The van der Waals surface area contributed by atoms with E-state index in [1.54, 1.807) is 6.26 Å². The van der Waals surface area contributed by atoms with Crippen LogP contribution in [0.25, 0.3) is 33.8 Å². The van der Waals surface area contributed by atoms with E-state index in [9.17, 15) is 4.79 Å². The molecule has 5 rings (SSSR count). The van der Waals surface area contributed by atoms with Gasteiger partial charge in [0, 0.05) is 5.56 Å². The molecule has 0 atom stereocenters. The summed E-state index contributed by atoms with van der Waals surface area (Å²) < 4.78 is 5.60. The highest BCUT2D eigenvalue weighted by Gasteiger charge is 2.24. The second-order valence-corrected chi connectivity index (χ2v) is 6.50. The summed E-state index contributed by atoms with van der Waals surface area (Å²) in [4.78, 5) is 17.4. The first-order valence-corrected chi connectivity index (χ1v) is 8.82. The molecule has 0 unspecified atom stereocenters. The summed E-state index contributed by atoms with van der Waals surface area (Å²) in [5.74, 6) is 0.668. The second-order valence-electron chi connectivity index (χ2n) is 6.50. The molecule has 4 aromatic rings. The van der Waals surface area contributed by atoms with Gasteiger partial charge in [-0.3, -0.25) is 4.79 Å². The second kappa shape index (κ2) is 6.25. The molecule has 0 radical (unpaired) electrons. The average molecular weight is 352 g/mol. The molecule has 2 aromatic heterocycles. The minimum atomic E-state index is -0.0362. The molecular formula is C23H16N2O2. The van der Waals surface area contributed by atoms with Gasteiger partial charge >= 0.3 is 0 Å². The minimum Gasteiger partial charge on any atom is -0.463 e. The van der Waals surface area contributed by atoms with Crippen LogP contribution in [0, 0.1) is 0 Å². The zero-order chi connectivity index (χ0) is 18.2. The van der Waals surface area contributed by atoms with E-state index < -0.39 is 0 Å². The lowest BCUT2D eigenvalue weighted by molar-refractivity contribution is -0.115. The number of nitrogens with one attached hydrogen (secondary N) is 1. The number of aromatic nitrogens is 1. The third-order valence-corrected chi connectivity index (χ3v) is 4.78. The lowest BCUT2D eigenvalue weighted by Crippen LogP contribution is -2.13. The number of benzene rings is 2. The van der Waals surface area contributed by atoms with Crippen molar-refractivity contribution < 1.29 is 9.21 Å². The zero-order valence-electron chi connectivity index (χ0n) is 14.5. The van der Waals surface area contributed by atoms with E-state index in [-0.39, 0.29) is 12.3 Å². The molecule has 4 nitrogen and oxygen atoms in total. The number of amides is 1. The average Bonchev–Trinajstić information content (AvgIpc) is 3.19. The molecule has 0 saturated heterocycles. The Bertz CT molecular complexity index is 1130. The van der Waals surface area contributed by atoms with Gasteiger partial charge in [-0.25, -0.2) is 4.98 Å². The predicted octanol–water partition coefficient (Wildman–Crippen LogP) is 5.17. The van der Waals surface area contributed by atoms with Crippen LogP contribution in [-0.4, -0.2) is 10.9 Å². The molecule has 130 valence electrons. The summed E-state index contributed by atoms with van der Waals surface area (Å²) in [5.41, 5.74) is 6.25. The van der Waals surface area contributed by atoms with Crippen molar-refractivity contribution in [2.45, 2.75) is 6.42 Å². The van der Waals surface area contributed by atoms with E-state index in [0.29, 0.717) is 5.76 Å². The summed E-state index contributed by atoms with van der Waals surface area (Å²) in [5, 5.41) is 3.00. The molecule has 0 fully saturated rings. The number of fused-ring (bicyclic) bond motifs is 3. The number of carbonyl (C=O) groups is 1. The van der Waals surface area contributed by atoms with Crippen molar-refractivity contribution in [2.75, 3.05) is 5.32 Å². The number of para-hydroxylation sites is 1. The van der Waals surface area contributed by atoms with Crippen LogP contribution < -0.4 is 5.32 Å². The van der Waals surface area contributed by atoms with Gasteiger partial charge < -0.3 is 9.73 Å². The Morgan fingerprint density at radius 2 is 1.70 bits per heavy atom. The van der Waals surface area contributed by atoms with Crippen molar-refractivity contribution in [1.82, 2.24) is 4.98 Å². The van der Waals surface area contributed by atoms with Crippen LogP contribution in [0.4, 0.5) is 5.69 Å². The highest BCUT2D eigenvalue weighted by Crippen LogP contribution is 2.39. The fourth-order valence-corrected chi connectivity index (χ4v) is 3.55. The SMILES string of the molecule is O=C1Cc2c(-c3ccccc3)cc(-c3ccco3)nc2-c2ccccc2N1. The molecule has 27 heavy (non-hydrogen) atoms. The lowest BCUT2D eigenvalue weighted by Gasteiger charge is -2.14. The number of nitrogens with zero attached hydrogens (tertiary/aromatic N) is 1. The Morgan fingerprint density at radius 3 is 2.52 bits per heavy atom. The van der Waals surface area contributed by atoms with Gasteiger partial charge in [0.25, 0.3) is 0 Å². The Balaban J connectivity index is 1.85. The molecule has 0 bridgehead atoms. The van der Waals surface area contributed by atoms with E-state index in [1.807, 2.05) is 60.7 Å². The Labute approximate surface area is 156 Å². The summed E-state index contributed by atoms with van der Waals surface area (Å²) in [6.45, 7) is 0. The van der Waals surface area contributed by atoms with Crippen LogP contribution in [0.5, 0.6) is 0 Å². The first-order valence-electron chi connectivity index (χ1n) is 8.82. The molecule has 4 heteroatoms. The Hall–Kier alpha value is -3.66. The monoisotopic (exact) mass is 352 g/mol. The van der Waals surface area contributed by atoms with Crippen molar-refractivity contribution in [1.29, 1.82) is 0 Å². The van der Waals surface area contributed by atoms with Crippen molar-refractivity contribution in [3.63, 3.8) is 0 Å². The molecule has 2 aromatic carbocycles. The van der Waals surface area contributed by atoms with Gasteiger partial charge in [-0.2, -0.15) is 0 Å². The zero-order valence-corrected chi connectivity index (χ0v) is 14.5. The molecule has 1 N–H and O–H groups in total. The maximum atomic E-state index is 12.5. The largest absolute Gasteiger partial charge is 0.463 e. The quantitative estimate of drug-likeness (QED) is 0.541. The number of pyridine rings is 1. The van der Waals surface area contributed by atoms with Gasteiger partial charge in [-0.15, -0.1) is 0 Å². The van der Waals surface area contributed by atoms with E-state index in [0.717, 1.165) is 39.3 Å². The first-order chi connectivity index (χ1) is 13.3. The topological polar surface area (TPSA) is 55.1 Å². The normalized spacial score (nSPS) is 12.7. The number of anilines is 1. The summed E-state index contributed by atoms with van der Waals surface area (Å²) in [6, 6.07) is 23.6. The van der Waals surface area contributed by atoms with Gasteiger partial charge in [0.05, 0.1) is 24.1 Å². The van der Waals surface area contributed by atoms with Crippen LogP contribution in [0.3, 0.4) is 0 Å². The molecule has 0 saturated carbocycles.